The molecule has 0 heterocycles. The van der Waals surface area contributed by atoms with E-state index in [1.54, 1.807) is 0 Å². The first-order valence-corrected chi connectivity index (χ1v) is 7.62. The number of benzene rings is 1. The summed E-state index contributed by atoms with van der Waals surface area (Å²) in [5, 5.41) is 4.36. The Morgan fingerprint density at radius 3 is 2.83 bits per heavy atom. The van der Waals surface area contributed by atoms with Gasteiger partial charge in [0.05, 0.1) is 0 Å². The van der Waals surface area contributed by atoms with Crippen molar-refractivity contribution < 1.29 is 0 Å². The summed E-state index contributed by atoms with van der Waals surface area (Å²) in [6.45, 7) is 5.44. The molecule has 0 radical (unpaired) electrons. The summed E-state index contributed by atoms with van der Waals surface area (Å²) >= 11 is 9.63. The zero-order chi connectivity index (χ0) is 13.1. The van der Waals surface area contributed by atoms with Crippen LogP contribution in [0.1, 0.15) is 32.3 Å². The number of nitrogens with one attached hydrogen (secondary N) is 1. The highest BCUT2D eigenvalue weighted by molar-refractivity contribution is 9.10. The van der Waals surface area contributed by atoms with Crippen LogP contribution in [0, 0.1) is 5.92 Å². The summed E-state index contributed by atoms with van der Waals surface area (Å²) in [5.74, 6) is 0.544. The summed E-state index contributed by atoms with van der Waals surface area (Å²) in [6, 6.07) is 6.65. The topological polar surface area (TPSA) is 12.0 Å². The second-order valence-corrected chi connectivity index (χ2v) is 6.49. The normalized spacial score (nSPS) is 16.4. The molecular formula is C15H19BrClN. The van der Waals surface area contributed by atoms with Gasteiger partial charge in [-0.1, -0.05) is 53.0 Å². The van der Waals surface area contributed by atoms with Crippen LogP contribution in [0.4, 0.5) is 0 Å². The van der Waals surface area contributed by atoms with Crippen molar-refractivity contribution in [3.8, 4) is 0 Å². The number of halogens is 2. The quantitative estimate of drug-likeness (QED) is 0.811. The molecule has 1 fully saturated rings. The van der Waals surface area contributed by atoms with E-state index < -0.39 is 0 Å². The fourth-order valence-corrected chi connectivity index (χ4v) is 2.34. The zero-order valence-electron chi connectivity index (χ0n) is 10.8. The molecule has 1 N–H and O–H groups in total. The van der Waals surface area contributed by atoms with Gasteiger partial charge in [-0.3, -0.25) is 0 Å². The fraction of sp³-hybridized carbons (Fsp3) is 0.467. The monoisotopic (exact) mass is 327 g/mol. The predicted molar refractivity (Wildman–Crippen MR) is 83.0 cm³/mol. The third-order valence-corrected chi connectivity index (χ3v) is 4.17. The zero-order valence-corrected chi connectivity index (χ0v) is 13.2. The van der Waals surface area contributed by atoms with Crippen LogP contribution in [0.25, 0.3) is 6.08 Å². The highest BCUT2D eigenvalue weighted by Gasteiger charge is 2.20. The molecule has 1 aliphatic carbocycles. The Morgan fingerprint density at radius 1 is 1.50 bits per heavy atom. The van der Waals surface area contributed by atoms with E-state index >= 15 is 0 Å². The molecule has 0 spiro atoms. The van der Waals surface area contributed by atoms with Gasteiger partial charge in [0, 0.05) is 22.1 Å². The van der Waals surface area contributed by atoms with Gasteiger partial charge in [0.2, 0.25) is 0 Å². The third-order valence-electron chi connectivity index (χ3n) is 3.21. The van der Waals surface area contributed by atoms with Gasteiger partial charge in [0.1, 0.15) is 0 Å². The van der Waals surface area contributed by atoms with Crippen molar-refractivity contribution in [3.63, 3.8) is 0 Å². The van der Waals surface area contributed by atoms with Crippen LogP contribution < -0.4 is 5.32 Å². The third kappa shape index (κ3) is 4.11. The number of hydrogen-bond donors (Lipinski definition) is 1. The molecule has 1 saturated carbocycles. The fourth-order valence-electron chi connectivity index (χ4n) is 1.80. The summed E-state index contributed by atoms with van der Waals surface area (Å²) in [6.07, 6.45) is 4.90. The average Bonchev–Trinajstić information content (AvgIpc) is 3.12. The second kappa shape index (κ2) is 6.23. The average molecular weight is 329 g/mol. The lowest BCUT2D eigenvalue weighted by Crippen LogP contribution is -2.21. The van der Waals surface area contributed by atoms with Crippen LogP contribution in [0.3, 0.4) is 0 Å². The van der Waals surface area contributed by atoms with Gasteiger partial charge >= 0.3 is 0 Å². The minimum atomic E-state index is 0.544. The van der Waals surface area contributed by atoms with Gasteiger partial charge in [-0.2, -0.15) is 0 Å². The highest BCUT2D eigenvalue weighted by Crippen LogP contribution is 2.26. The molecule has 1 aromatic rings. The Bertz CT molecular complexity index is 450. The number of hydrogen-bond acceptors (Lipinski definition) is 1. The molecule has 1 aromatic carbocycles. The molecular weight excluding hydrogens is 310 g/mol. The Balaban J connectivity index is 2.16. The smallest absolute Gasteiger partial charge is 0.0412 e. The molecule has 18 heavy (non-hydrogen) atoms. The van der Waals surface area contributed by atoms with E-state index in [1.165, 1.54) is 18.4 Å². The van der Waals surface area contributed by atoms with E-state index in [0.717, 1.165) is 27.6 Å². The van der Waals surface area contributed by atoms with Crippen LogP contribution >= 0.6 is 27.5 Å². The van der Waals surface area contributed by atoms with Crippen LogP contribution in [-0.4, -0.2) is 12.6 Å². The maximum absolute atomic E-state index is 6.05. The van der Waals surface area contributed by atoms with Crippen molar-refractivity contribution in [1.29, 1.82) is 0 Å². The maximum Gasteiger partial charge on any atom is 0.0412 e. The Morgan fingerprint density at radius 2 is 2.22 bits per heavy atom. The lowest BCUT2D eigenvalue weighted by Gasteiger charge is -2.13. The van der Waals surface area contributed by atoms with Crippen molar-refractivity contribution in [2.75, 3.05) is 6.54 Å². The molecule has 2 rings (SSSR count). The van der Waals surface area contributed by atoms with E-state index in [0.29, 0.717) is 5.92 Å². The Hall–Kier alpha value is -0.310. The molecule has 1 aliphatic rings. The van der Waals surface area contributed by atoms with E-state index in [4.69, 9.17) is 11.6 Å². The molecule has 0 amide bonds. The van der Waals surface area contributed by atoms with Crippen LogP contribution in [0.5, 0.6) is 0 Å². The first-order valence-electron chi connectivity index (χ1n) is 6.45. The largest absolute Gasteiger partial charge is 0.310 e. The second-order valence-electron chi connectivity index (χ2n) is 5.19. The Kier molecular flexibility index (Phi) is 4.88. The maximum atomic E-state index is 6.05. The van der Waals surface area contributed by atoms with E-state index in [-0.39, 0.29) is 0 Å². The minimum absolute atomic E-state index is 0.544. The lowest BCUT2D eigenvalue weighted by atomic mass is 10.00. The highest BCUT2D eigenvalue weighted by atomic mass is 79.9. The molecule has 0 saturated heterocycles. The van der Waals surface area contributed by atoms with Crippen molar-refractivity contribution in [3.05, 3.63) is 38.8 Å². The first-order chi connectivity index (χ1) is 8.56. The van der Waals surface area contributed by atoms with E-state index in [2.05, 4.69) is 41.2 Å². The van der Waals surface area contributed by atoms with Crippen molar-refractivity contribution in [1.82, 2.24) is 5.32 Å². The van der Waals surface area contributed by atoms with E-state index in [9.17, 15) is 0 Å². The minimum Gasteiger partial charge on any atom is -0.310 e. The van der Waals surface area contributed by atoms with Crippen molar-refractivity contribution in [2.45, 2.75) is 32.7 Å². The van der Waals surface area contributed by atoms with Gasteiger partial charge in [-0.15, -0.1) is 0 Å². The summed E-state index contributed by atoms with van der Waals surface area (Å²) in [4.78, 5) is 0. The molecule has 0 aromatic heterocycles. The Labute approximate surface area is 123 Å². The molecule has 3 heteroatoms. The van der Waals surface area contributed by atoms with Crippen LogP contribution in [0.15, 0.2) is 28.2 Å². The molecule has 0 atom stereocenters. The molecule has 1 nitrogen and oxygen atoms in total. The molecule has 0 unspecified atom stereocenters. The van der Waals surface area contributed by atoms with Crippen LogP contribution in [-0.2, 0) is 0 Å². The van der Waals surface area contributed by atoms with Gasteiger partial charge < -0.3 is 5.32 Å². The van der Waals surface area contributed by atoms with Gasteiger partial charge in [-0.25, -0.2) is 0 Å². The molecule has 0 aliphatic heterocycles. The van der Waals surface area contributed by atoms with Crippen molar-refractivity contribution >= 4 is 33.6 Å². The van der Waals surface area contributed by atoms with Gasteiger partial charge in [-0.05, 0) is 42.5 Å². The summed E-state index contributed by atoms with van der Waals surface area (Å²) < 4.78 is 1.09. The predicted octanol–water partition coefficient (Wildman–Crippen LogP) is 4.89. The SMILES string of the molecule is CC(C)C(=Cc1cc(Cl)ccc1Br)CNC1CC1. The summed E-state index contributed by atoms with van der Waals surface area (Å²) in [5.41, 5.74) is 2.58. The summed E-state index contributed by atoms with van der Waals surface area (Å²) in [7, 11) is 0. The van der Waals surface area contributed by atoms with Crippen molar-refractivity contribution in [2.24, 2.45) is 5.92 Å². The molecule has 0 bridgehead atoms. The van der Waals surface area contributed by atoms with Crippen LogP contribution in [0.2, 0.25) is 5.02 Å². The van der Waals surface area contributed by atoms with E-state index in [1.807, 2.05) is 18.2 Å². The van der Waals surface area contributed by atoms with Gasteiger partial charge in [0.15, 0.2) is 0 Å². The number of rotatable bonds is 5. The molecule has 98 valence electrons. The lowest BCUT2D eigenvalue weighted by molar-refractivity contribution is 0.662. The van der Waals surface area contributed by atoms with Gasteiger partial charge in [0.25, 0.3) is 0 Å². The first kappa shape index (κ1) is 14.1. The standard InChI is InChI=1S/C15H19BrClN/c1-10(2)12(9-18-14-4-5-14)7-11-8-13(17)3-6-15(11)16/h3,6-8,10,14,18H,4-5,9H2,1-2H3.